The van der Waals surface area contributed by atoms with E-state index in [9.17, 15) is 31.5 Å². The summed E-state index contributed by atoms with van der Waals surface area (Å²) in [5.74, 6) is -4.37. The summed E-state index contributed by atoms with van der Waals surface area (Å²) in [4.78, 5) is 24.4. The minimum Gasteiger partial charge on any atom is -0.421 e. The zero-order valence-corrected chi connectivity index (χ0v) is 14.0. The van der Waals surface area contributed by atoms with Gasteiger partial charge >= 0.3 is 12.2 Å². The Bertz CT molecular complexity index is 929. The van der Waals surface area contributed by atoms with Crippen molar-refractivity contribution in [2.24, 2.45) is 0 Å². The summed E-state index contributed by atoms with van der Waals surface area (Å²) in [6.45, 7) is 0. The van der Waals surface area contributed by atoms with Gasteiger partial charge in [0.25, 0.3) is 0 Å². The molecule has 1 heterocycles. The van der Waals surface area contributed by atoms with E-state index >= 15 is 0 Å². The Hall–Kier alpha value is -2.49. The molecule has 0 N–H and O–H groups in total. The van der Waals surface area contributed by atoms with Crippen molar-refractivity contribution in [2.45, 2.75) is 12.2 Å². The van der Waals surface area contributed by atoms with Crippen LogP contribution in [0.4, 0.5) is 22.0 Å². The van der Waals surface area contributed by atoms with E-state index in [-0.39, 0.29) is 15.6 Å². The summed E-state index contributed by atoms with van der Waals surface area (Å²) >= 11 is 2.86. The van der Waals surface area contributed by atoms with Crippen LogP contribution in [0, 0.1) is 5.82 Å². The molecule has 0 radical (unpaired) electrons. The predicted molar refractivity (Wildman–Crippen MR) is 80.4 cm³/mol. The molecule has 0 aromatic heterocycles. The molecule has 0 spiro atoms. The first-order valence-electron chi connectivity index (χ1n) is 6.83. The molecule has 0 atom stereocenters. The largest absolute Gasteiger partial charge is 0.507 e. The van der Waals surface area contributed by atoms with Crippen molar-refractivity contribution in [3.8, 4) is 11.5 Å². The molecule has 0 amide bonds. The van der Waals surface area contributed by atoms with E-state index in [0.717, 1.165) is 30.3 Å². The lowest BCUT2D eigenvalue weighted by molar-refractivity contribution is -0.391. The molecule has 4 nitrogen and oxygen atoms in total. The van der Waals surface area contributed by atoms with Crippen LogP contribution in [0.3, 0.4) is 0 Å². The Morgan fingerprint density at radius 2 is 1.31 bits per heavy atom. The number of carbonyl (C=O) groups is 2. The number of alkyl halides is 4. The standard InChI is InChI=1S/C16H6BrF5O4/c17-9-5-7(1-3-10(9)18)13(23)14(24)8-2-4-11-12(6-8)26-16(21,22)15(19,20)25-11/h1-6H. The number of fused-ring (bicyclic) bond motifs is 1. The molecule has 10 heteroatoms. The molecule has 1 aliphatic rings. The normalized spacial score (nSPS) is 16.8. The first-order valence-corrected chi connectivity index (χ1v) is 7.63. The highest BCUT2D eigenvalue weighted by Gasteiger charge is 2.65. The van der Waals surface area contributed by atoms with Gasteiger partial charge in [-0.2, -0.15) is 17.6 Å². The van der Waals surface area contributed by atoms with Crippen LogP contribution >= 0.6 is 15.9 Å². The molecular weight excluding hydrogens is 431 g/mol. The van der Waals surface area contributed by atoms with Gasteiger partial charge in [-0.25, -0.2) is 4.39 Å². The molecule has 0 unspecified atom stereocenters. The van der Waals surface area contributed by atoms with E-state index < -0.39 is 41.1 Å². The van der Waals surface area contributed by atoms with Gasteiger partial charge in [-0.15, -0.1) is 0 Å². The summed E-state index contributed by atoms with van der Waals surface area (Å²) in [6, 6.07) is 5.53. The van der Waals surface area contributed by atoms with E-state index in [1.807, 2.05) is 0 Å². The lowest BCUT2D eigenvalue weighted by Crippen LogP contribution is -2.52. The zero-order valence-electron chi connectivity index (χ0n) is 12.4. The molecule has 0 aliphatic carbocycles. The number of rotatable bonds is 3. The third kappa shape index (κ3) is 3.05. The molecule has 26 heavy (non-hydrogen) atoms. The highest BCUT2D eigenvalue weighted by molar-refractivity contribution is 9.10. The molecular formula is C16H6BrF5O4. The molecule has 1 aliphatic heterocycles. The number of benzene rings is 2. The number of ether oxygens (including phenoxy) is 2. The van der Waals surface area contributed by atoms with Crippen molar-refractivity contribution in [3.05, 3.63) is 57.8 Å². The van der Waals surface area contributed by atoms with Crippen LogP contribution < -0.4 is 9.47 Å². The summed E-state index contributed by atoms with van der Waals surface area (Å²) in [5, 5.41) is 0. The van der Waals surface area contributed by atoms with Gasteiger partial charge in [-0.05, 0) is 52.3 Å². The second-order valence-corrected chi connectivity index (χ2v) is 6.04. The van der Waals surface area contributed by atoms with E-state index in [1.165, 1.54) is 0 Å². The molecule has 0 fully saturated rings. The van der Waals surface area contributed by atoms with E-state index in [2.05, 4.69) is 25.4 Å². The molecule has 0 bridgehead atoms. The van der Waals surface area contributed by atoms with Crippen LogP contribution in [0.15, 0.2) is 40.9 Å². The monoisotopic (exact) mass is 436 g/mol. The quantitative estimate of drug-likeness (QED) is 0.400. The van der Waals surface area contributed by atoms with Crippen LogP contribution in [0.2, 0.25) is 0 Å². The van der Waals surface area contributed by atoms with Crippen molar-refractivity contribution in [1.82, 2.24) is 0 Å². The Morgan fingerprint density at radius 1 is 0.808 bits per heavy atom. The number of carbonyl (C=O) groups excluding carboxylic acids is 2. The van der Waals surface area contributed by atoms with Crippen LogP contribution in [0.25, 0.3) is 0 Å². The van der Waals surface area contributed by atoms with Crippen molar-refractivity contribution in [3.63, 3.8) is 0 Å². The van der Waals surface area contributed by atoms with Crippen molar-refractivity contribution >= 4 is 27.5 Å². The van der Waals surface area contributed by atoms with Gasteiger partial charge in [-0.3, -0.25) is 9.59 Å². The fraction of sp³-hybridized carbons (Fsp3) is 0.125. The van der Waals surface area contributed by atoms with Gasteiger partial charge in [-0.1, -0.05) is 0 Å². The molecule has 136 valence electrons. The maximum absolute atomic E-state index is 13.2. The smallest absolute Gasteiger partial charge is 0.421 e. The van der Waals surface area contributed by atoms with Gasteiger partial charge < -0.3 is 9.47 Å². The maximum Gasteiger partial charge on any atom is 0.507 e. The van der Waals surface area contributed by atoms with E-state index in [1.54, 1.807) is 0 Å². The van der Waals surface area contributed by atoms with Crippen LogP contribution in [-0.4, -0.2) is 23.8 Å². The van der Waals surface area contributed by atoms with Crippen molar-refractivity contribution in [1.29, 1.82) is 0 Å². The average molecular weight is 437 g/mol. The van der Waals surface area contributed by atoms with Crippen molar-refractivity contribution in [2.75, 3.05) is 0 Å². The summed E-state index contributed by atoms with van der Waals surface area (Å²) < 4.78 is 73.5. The summed E-state index contributed by atoms with van der Waals surface area (Å²) in [6.07, 6.45) is -9.84. The molecule has 0 saturated heterocycles. The van der Waals surface area contributed by atoms with Gasteiger partial charge in [0.1, 0.15) is 5.82 Å². The number of hydrogen-bond acceptors (Lipinski definition) is 4. The van der Waals surface area contributed by atoms with Crippen LogP contribution in [0.5, 0.6) is 11.5 Å². The van der Waals surface area contributed by atoms with Gasteiger partial charge in [0.05, 0.1) is 4.47 Å². The number of Topliss-reactive ketones (excluding diaryl/α,β-unsaturated/α-hetero) is 2. The van der Waals surface area contributed by atoms with Crippen LogP contribution in [0.1, 0.15) is 20.7 Å². The highest BCUT2D eigenvalue weighted by Crippen LogP contribution is 2.47. The number of halogens is 6. The first kappa shape index (κ1) is 18.3. The topological polar surface area (TPSA) is 52.6 Å². The first-order chi connectivity index (χ1) is 12.0. The summed E-state index contributed by atoms with van der Waals surface area (Å²) in [5.41, 5.74) is -0.547. The van der Waals surface area contributed by atoms with E-state index in [4.69, 9.17) is 0 Å². The Balaban J connectivity index is 1.92. The number of ketones is 2. The highest BCUT2D eigenvalue weighted by atomic mass is 79.9. The van der Waals surface area contributed by atoms with Crippen molar-refractivity contribution < 1.29 is 41.0 Å². The van der Waals surface area contributed by atoms with Gasteiger partial charge in [0.15, 0.2) is 11.5 Å². The SMILES string of the molecule is O=C(C(=O)c1ccc2c(c1)OC(F)(F)C(F)(F)O2)c1ccc(F)c(Br)c1. The number of hydrogen-bond donors (Lipinski definition) is 0. The average Bonchev–Trinajstić information content (AvgIpc) is 2.56. The van der Waals surface area contributed by atoms with Crippen LogP contribution in [-0.2, 0) is 0 Å². The van der Waals surface area contributed by atoms with Gasteiger partial charge in [0, 0.05) is 11.1 Å². The van der Waals surface area contributed by atoms with E-state index in [0.29, 0.717) is 6.07 Å². The Kier molecular flexibility index (Phi) is 4.26. The second-order valence-electron chi connectivity index (χ2n) is 5.19. The molecule has 3 rings (SSSR count). The minimum absolute atomic E-state index is 0.0554. The Labute approximate surface area is 150 Å². The fourth-order valence-electron chi connectivity index (χ4n) is 2.11. The fourth-order valence-corrected chi connectivity index (χ4v) is 2.49. The minimum atomic E-state index is -4.95. The molecule has 0 saturated carbocycles. The second kappa shape index (κ2) is 6.04. The Morgan fingerprint density at radius 3 is 1.88 bits per heavy atom. The van der Waals surface area contributed by atoms with Gasteiger partial charge in [0.2, 0.25) is 11.6 Å². The molecule has 2 aromatic rings. The lowest BCUT2D eigenvalue weighted by atomic mass is 10.0. The summed E-state index contributed by atoms with van der Waals surface area (Å²) in [7, 11) is 0. The maximum atomic E-state index is 13.2. The predicted octanol–water partition coefficient (Wildman–Crippen LogP) is 4.61. The molecule has 2 aromatic carbocycles. The third-order valence-corrected chi connectivity index (χ3v) is 4.02. The third-order valence-electron chi connectivity index (χ3n) is 3.41. The zero-order chi connectivity index (χ0) is 19.3. The lowest BCUT2D eigenvalue weighted by Gasteiger charge is -2.31.